The minimum absolute atomic E-state index is 1.17. The Hall–Kier alpha value is -0.780. The van der Waals surface area contributed by atoms with E-state index in [-0.39, 0.29) is 0 Å². The van der Waals surface area contributed by atoms with Crippen molar-refractivity contribution in [3.8, 4) is 0 Å². The summed E-state index contributed by atoms with van der Waals surface area (Å²) in [4.78, 5) is 0. The predicted molar refractivity (Wildman–Crippen MR) is 68.4 cm³/mol. The SMILES string of the molecule is CCCCCCc1ccc(C)cc1CC. The molecule has 1 aromatic carbocycles. The molecule has 0 nitrogen and oxygen atoms in total. The molecule has 0 fully saturated rings. The van der Waals surface area contributed by atoms with E-state index in [1.54, 1.807) is 11.1 Å². The molecule has 0 N–H and O–H groups in total. The molecule has 0 aliphatic rings. The van der Waals surface area contributed by atoms with E-state index in [0.717, 1.165) is 0 Å². The number of benzene rings is 1. The lowest BCUT2D eigenvalue weighted by atomic mass is 9.97. The highest BCUT2D eigenvalue weighted by molar-refractivity contribution is 5.31. The first kappa shape index (κ1) is 12.3. The molecule has 0 amide bonds. The molecule has 84 valence electrons. The molecule has 0 heterocycles. The van der Waals surface area contributed by atoms with Crippen LogP contribution in [0.3, 0.4) is 0 Å². The second kappa shape index (κ2) is 6.66. The monoisotopic (exact) mass is 204 g/mol. The zero-order valence-corrected chi connectivity index (χ0v) is 10.5. The minimum Gasteiger partial charge on any atom is -0.0654 e. The zero-order valence-electron chi connectivity index (χ0n) is 10.5. The van der Waals surface area contributed by atoms with Crippen molar-refractivity contribution in [2.24, 2.45) is 0 Å². The second-order valence-electron chi connectivity index (χ2n) is 4.44. The van der Waals surface area contributed by atoms with Crippen LogP contribution in [0.4, 0.5) is 0 Å². The first-order valence-electron chi connectivity index (χ1n) is 6.36. The molecule has 15 heavy (non-hydrogen) atoms. The van der Waals surface area contributed by atoms with Crippen LogP contribution < -0.4 is 0 Å². The summed E-state index contributed by atoms with van der Waals surface area (Å²) in [6.45, 7) is 6.70. The van der Waals surface area contributed by atoms with Gasteiger partial charge in [-0.3, -0.25) is 0 Å². The van der Waals surface area contributed by atoms with Crippen LogP contribution in [0.15, 0.2) is 18.2 Å². The Morgan fingerprint density at radius 3 is 2.40 bits per heavy atom. The Labute approximate surface area is 94.7 Å². The molecule has 0 saturated carbocycles. The number of hydrogen-bond acceptors (Lipinski definition) is 0. The number of hydrogen-bond donors (Lipinski definition) is 0. The summed E-state index contributed by atoms with van der Waals surface area (Å²) in [6, 6.07) is 6.91. The van der Waals surface area contributed by atoms with Crippen molar-refractivity contribution in [3.05, 3.63) is 34.9 Å². The zero-order chi connectivity index (χ0) is 11.1. The van der Waals surface area contributed by atoms with E-state index in [9.17, 15) is 0 Å². The summed E-state index contributed by atoms with van der Waals surface area (Å²) >= 11 is 0. The van der Waals surface area contributed by atoms with Crippen molar-refractivity contribution in [1.82, 2.24) is 0 Å². The molecule has 0 unspecified atom stereocenters. The highest BCUT2D eigenvalue weighted by Gasteiger charge is 2.00. The van der Waals surface area contributed by atoms with Crippen LogP contribution in [-0.4, -0.2) is 0 Å². The number of unbranched alkanes of at least 4 members (excludes halogenated alkanes) is 3. The van der Waals surface area contributed by atoms with Gasteiger partial charge < -0.3 is 0 Å². The average Bonchev–Trinajstić information content (AvgIpc) is 2.26. The molecule has 0 radical (unpaired) electrons. The molecular formula is C15H24. The fourth-order valence-corrected chi connectivity index (χ4v) is 2.07. The predicted octanol–water partition coefficient (Wildman–Crippen LogP) is 4.68. The maximum atomic E-state index is 2.34. The van der Waals surface area contributed by atoms with E-state index in [4.69, 9.17) is 0 Å². The van der Waals surface area contributed by atoms with Crippen LogP contribution in [0.2, 0.25) is 0 Å². The lowest BCUT2D eigenvalue weighted by Crippen LogP contribution is -1.94. The van der Waals surface area contributed by atoms with E-state index >= 15 is 0 Å². The smallest absolute Gasteiger partial charge is 0.0276 e. The molecular weight excluding hydrogens is 180 g/mol. The molecule has 0 aliphatic heterocycles. The lowest BCUT2D eigenvalue weighted by Gasteiger charge is -2.08. The molecule has 0 spiro atoms. The fourth-order valence-electron chi connectivity index (χ4n) is 2.07. The summed E-state index contributed by atoms with van der Waals surface area (Å²) < 4.78 is 0. The highest BCUT2D eigenvalue weighted by atomic mass is 14.1. The van der Waals surface area contributed by atoms with E-state index in [2.05, 4.69) is 39.0 Å². The Kier molecular flexibility index (Phi) is 5.45. The van der Waals surface area contributed by atoms with E-state index in [1.807, 2.05) is 0 Å². The van der Waals surface area contributed by atoms with Gasteiger partial charge in [0.1, 0.15) is 0 Å². The van der Waals surface area contributed by atoms with Gasteiger partial charge in [-0.1, -0.05) is 56.9 Å². The van der Waals surface area contributed by atoms with Crippen LogP contribution >= 0.6 is 0 Å². The summed E-state index contributed by atoms with van der Waals surface area (Å²) in [5.41, 5.74) is 4.51. The van der Waals surface area contributed by atoms with Gasteiger partial charge in [-0.25, -0.2) is 0 Å². The van der Waals surface area contributed by atoms with Gasteiger partial charge in [0.15, 0.2) is 0 Å². The first-order valence-corrected chi connectivity index (χ1v) is 6.36. The normalized spacial score (nSPS) is 10.6. The fraction of sp³-hybridized carbons (Fsp3) is 0.600. The molecule has 0 aromatic heterocycles. The van der Waals surface area contributed by atoms with Crippen LogP contribution in [-0.2, 0) is 12.8 Å². The van der Waals surface area contributed by atoms with Crippen molar-refractivity contribution >= 4 is 0 Å². The van der Waals surface area contributed by atoms with E-state index in [1.165, 1.54) is 44.1 Å². The van der Waals surface area contributed by atoms with Gasteiger partial charge in [0.2, 0.25) is 0 Å². The van der Waals surface area contributed by atoms with Gasteiger partial charge >= 0.3 is 0 Å². The second-order valence-corrected chi connectivity index (χ2v) is 4.44. The quantitative estimate of drug-likeness (QED) is 0.590. The summed E-state index contributed by atoms with van der Waals surface area (Å²) in [6.07, 6.45) is 7.88. The molecule has 0 saturated heterocycles. The first-order chi connectivity index (χ1) is 7.27. The Bertz CT molecular complexity index is 286. The topological polar surface area (TPSA) is 0 Å². The third-order valence-electron chi connectivity index (χ3n) is 3.04. The molecule has 0 aliphatic carbocycles. The van der Waals surface area contributed by atoms with Crippen molar-refractivity contribution in [2.45, 2.75) is 59.3 Å². The Morgan fingerprint density at radius 2 is 1.73 bits per heavy atom. The van der Waals surface area contributed by atoms with Gasteiger partial charge in [-0.15, -0.1) is 0 Å². The number of rotatable bonds is 6. The van der Waals surface area contributed by atoms with Crippen LogP contribution in [0.5, 0.6) is 0 Å². The molecule has 0 bridgehead atoms. The van der Waals surface area contributed by atoms with E-state index in [0.29, 0.717) is 0 Å². The Balaban J connectivity index is 2.52. The van der Waals surface area contributed by atoms with Gasteiger partial charge in [-0.05, 0) is 37.3 Å². The Morgan fingerprint density at radius 1 is 0.933 bits per heavy atom. The number of aryl methyl sites for hydroxylation is 3. The standard InChI is InChI=1S/C15H24/c1-4-6-7-8-9-15-11-10-13(3)12-14(15)5-2/h10-12H,4-9H2,1-3H3. The van der Waals surface area contributed by atoms with Gasteiger partial charge in [0.05, 0.1) is 0 Å². The van der Waals surface area contributed by atoms with Crippen LogP contribution in [0.25, 0.3) is 0 Å². The maximum absolute atomic E-state index is 2.34. The summed E-state index contributed by atoms with van der Waals surface area (Å²) in [5, 5.41) is 0. The van der Waals surface area contributed by atoms with Gasteiger partial charge in [0.25, 0.3) is 0 Å². The third kappa shape index (κ3) is 4.07. The third-order valence-corrected chi connectivity index (χ3v) is 3.04. The van der Waals surface area contributed by atoms with Crippen molar-refractivity contribution in [1.29, 1.82) is 0 Å². The average molecular weight is 204 g/mol. The lowest BCUT2D eigenvalue weighted by molar-refractivity contribution is 0.664. The summed E-state index contributed by atoms with van der Waals surface area (Å²) in [5.74, 6) is 0. The van der Waals surface area contributed by atoms with Crippen LogP contribution in [0, 0.1) is 6.92 Å². The van der Waals surface area contributed by atoms with E-state index < -0.39 is 0 Å². The molecule has 1 aromatic rings. The largest absolute Gasteiger partial charge is 0.0654 e. The van der Waals surface area contributed by atoms with Crippen molar-refractivity contribution in [2.75, 3.05) is 0 Å². The maximum Gasteiger partial charge on any atom is -0.0276 e. The highest BCUT2D eigenvalue weighted by Crippen LogP contribution is 2.15. The van der Waals surface area contributed by atoms with Crippen LogP contribution in [0.1, 0.15) is 56.2 Å². The van der Waals surface area contributed by atoms with Crippen molar-refractivity contribution < 1.29 is 0 Å². The van der Waals surface area contributed by atoms with Gasteiger partial charge in [0, 0.05) is 0 Å². The summed E-state index contributed by atoms with van der Waals surface area (Å²) in [7, 11) is 0. The molecule has 0 heteroatoms. The molecule has 1 rings (SSSR count). The minimum atomic E-state index is 1.17. The van der Waals surface area contributed by atoms with Crippen molar-refractivity contribution in [3.63, 3.8) is 0 Å². The van der Waals surface area contributed by atoms with Gasteiger partial charge in [-0.2, -0.15) is 0 Å². The molecule has 0 atom stereocenters.